The van der Waals surface area contributed by atoms with Crippen molar-refractivity contribution in [2.45, 2.75) is 27.2 Å². The van der Waals surface area contributed by atoms with E-state index < -0.39 is 0 Å². The molecular weight excluding hydrogens is 160 g/mol. The van der Waals surface area contributed by atoms with E-state index in [2.05, 4.69) is 20.8 Å². The molecule has 1 aliphatic carbocycles. The third kappa shape index (κ3) is 1.64. The lowest BCUT2D eigenvalue weighted by molar-refractivity contribution is -0.117. The summed E-state index contributed by atoms with van der Waals surface area (Å²) >= 11 is 5.89. The lowest BCUT2D eigenvalue weighted by Crippen LogP contribution is -2.28. The van der Waals surface area contributed by atoms with Crippen molar-refractivity contribution in [1.82, 2.24) is 0 Å². The van der Waals surface area contributed by atoms with Gasteiger partial charge < -0.3 is 0 Å². The van der Waals surface area contributed by atoms with Gasteiger partial charge in [0, 0.05) is 11.5 Å². The Labute approximate surface area is 72.4 Å². The molecule has 0 aromatic heterocycles. The predicted molar refractivity (Wildman–Crippen MR) is 46.5 cm³/mol. The van der Waals surface area contributed by atoms with E-state index in [0.717, 1.165) is 0 Å². The normalized spacial score (nSPS) is 30.0. The zero-order chi connectivity index (χ0) is 8.65. The molecule has 0 aromatic carbocycles. The van der Waals surface area contributed by atoms with Gasteiger partial charge in [0.2, 0.25) is 0 Å². The van der Waals surface area contributed by atoms with E-state index in [4.69, 9.17) is 11.6 Å². The van der Waals surface area contributed by atoms with E-state index in [9.17, 15) is 4.79 Å². The van der Waals surface area contributed by atoms with Crippen LogP contribution in [0.5, 0.6) is 0 Å². The Balaban J connectivity index is 2.95. The lowest BCUT2D eigenvalue weighted by atomic mass is 9.73. The van der Waals surface area contributed by atoms with Crippen molar-refractivity contribution in [2.24, 2.45) is 11.3 Å². The Morgan fingerprint density at radius 1 is 1.64 bits per heavy atom. The van der Waals surface area contributed by atoms with Crippen LogP contribution in [-0.2, 0) is 4.79 Å². The molecule has 0 N–H and O–H groups in total. The molecule has 0 saturated heterocycles. The molecule has 0 spiro atoms. The summed E-state index contributed by atoms with van der Waals surface area (Å²) in [5.41, 5.74) is 0.0307. The first-order chi connectivity index (χ1) is 4.93. The smallest absolute Gasteiger partial charge is 0.157 e. The predicted octanol–water partition coefficient (Wildman–Crippen LogP) is 2.74. The van der Waals surface area contributed by atoms with Crippen LogP contribution in [0.3, 0.4) is 0 Å². The Morgan fingerprint density at radius 3 is 2.64 bits per heavy atom. The van der Waals surface area contributed by atoms with Crippen molar-refractivity contribution in [3.63, 3.8) is 0 Å². The summed E-state index contributed by atoms with van der Waals surface area (Å²) in [4.78, 5) is 11.1. The molecule has 1 unspecified atom stereocenters. The first-order valence-electron chi connectivity index (χ1n) is 3.83. The standard InChI is InChI=1S/C9H13ClO/c1-6-8(10)4-7(11)5-9(6,2)3/h4,6H,5H2,1-3H3. The number of rotatable bonds is 0. The molecule has 0 amide bonds. The van der Waals surface area contributed by atoms with E-state index in [1.165, 1.54) is 0 Å². The molecule has 1 nitrogen and oxygen atoms in total. The van der Waals surface area contributed by atoms with E-state index in [1.807, 2.05) is 0 Å². The molecule has 2 heteroatoms. The van der Waals surface area contributed by atoms with Crippen molar-refractivity contribution in [3.05, 3.63) is 11.1 Å². The van der Waals surface area contributed by atoms with Crippen molar-refractivity contribution < 1.29 is 4.79 Å². The minimum absolute atomic E-state index is 0.0307. The van der Waals surface area contributed by atoms with Gasteiger partial charge in [-0.25, -0.2) is 0 Å². The number of halogens is 1. The maximum Gasteiger partial charge on any atom is 0.157 e. The van der Waals surface area contributed by atoms with Crippen LogP contribution in [0.4, 0.5) is 0 Å². The van der Waals surface area contributed by atoms with E-state index in [-0.39, 0.29) is 11.2 Å². The minimum atomic E-state index is 0.0307. The van der Waals surface area contributed by atoms with Crippen LogP contribution in [0.25, 0.3) is 0 Å². The number of hydrogen-bond donors (Lipinski definition) is 0. The van der Waals surface area contributed by atoms with Crippen LogP contribution in [0.1, 0.15) is 27.2 Å². The monoisotopic (exact) mass is 172 g/mol. The summed E-state index contributed by atoms with van der Waals surface area (Å²) in [6.07, 6.45) is 2.17. The number of carbonyl (C=O) groups is 1. The number of carbonyl (C=O) groups excluding carboxylic acids is 1. The van der Waals surface area contributed by atoms with Gasteiger partial charge in [0.15, 0.2) is 5.78 Å². The van der Waals surface area contributed by atoms with Gasteiger partial charge >= 0.3 is 0 Å². The van der Waals surface area contributed by atoms with Gasteiger partial charge in [0.05, 0.1) is 0 Å². The van der Waals surface area contributed by atoms with Crippen LogP contribution < -0.4 is 0 Å². The van der Waals surface area contributed by atoms with Gasteiger partial charge in [-0.1, -0.05) is 32.4 Å². The second-order valence-corrected chi connectivity index (χ2v) is 4.32. The van der Waals surface area contributed by atoms with Crippen LogP contribution in [0.15, 0.2) is 11.1 Å². The van der Waals surface area contributed by atoms with Crippen molar-refractivity contribution in [3.8, 4) is 0 Å². The molecule has 0 fully saturated rings. The molecule has 0 bridgehead atoms. The fourth-order valence-electron chi connectivity index (χ4n) is 1.31. The van der Waals surface area contributed by atoms with E-state index in [1.54, 1.807) is 6.08 Å². The minimum Gasteiger partial charge on any atom is -0.295 e. The summed E-state index contributed by atoms with van der Waals surface area (Å²) in [5.74, 6) is 0.458. The maximum atomic E-state index is 11.1. The lowest BCUT2D eigenvalue weighted by Gasteiger charge is -2.33. The summed E-state index contributed by atoms with van der Waals surface area (Å²) in [5, 5.41) is 0.700. The highest BCUT2D eigenvalue weighted by Crippen LogP contribution is 2.40. The SMILES string of the molecule is CC1C(Cl)=CC(=O)CC1(C)C. The second-order valence-electron chi connectivity index (χ2n) is 3.88. The van der Waals surface area contributed by atoms with E-state index >= 15 is 0 Å². The largest absolute Gasteiger partial charge is 0.295 e. The molecule has 1 atom stereocenters. The number of hydrogen-bond acceptors (Lipinski definition) is 1. The molecule has 62 valence electrons. The van der Waals surface area contributed by atoms with Crippen molar-refractivity contribution in [1.29, 1.82) is 0 Å². The number of ketones is 1. The van der Waals surface area contributed by atoms with Gasteiger partial charge in [-0.2, -0.15) is 0 Å². The molecule has 0 aliphatic heterocycles. The van der Waals surface area contributed by atoms with Gasteiger partial charge in [-0.15, -0.1) is 0 Å². The molecule has 0 saturated carbocycles. The highest BCUT2D eigenvalue weighted by molar-refractivity contribution is 6.31. The molecule has 11 heavy (non-hydrogen) atoms. The zero-order valence-electron chi connectivity index (χ0n) is 7.15. The quantitative estimate of drug-likeness (QED) is 0.549. The molecular formula is C9H13ClO. The van der Waals surface area contributed by atoms with Gasteiger partial charge in [0.25, 0.3) is 0 Å². The topological polar surface area (TPSA) is 17.1 Å². The van der Waals surface area contributed by atoms with E-state index in [0.29, 0.717) is 17.4 Å². The molecule has 1 aliphatic rings. The molecule has 1 rings (SSSR count). The first-order valence-corrected chi connectivity index (χ1v) is 4.21. The Bertz CT molecular complexity index is 216. The first kappa shape index (κ1) is 8.79. The van der Waals surface area contributed by atoms with Crippen LogP contribution in [0.2, 0.25) is 0 Å². The van der Waals surface area contributed by atoms with Gasteiger partial charge in [-0.3, -0.25) is 4.79 Å². The van der Waals surface area contributed by atoms with Crippen LogP contribution in [0, 0.1) is 11.3 Å². The summed E-state index contributed by atoms with van der Waals surface area (Å²) < 4.78 is 0. The Hall–Kier alpha value is -0.300. The Morgan fingerprint density at radius 2 is 2.18 bits per heavy atom. The highest BCUT2D eigenvalue weighted by atomic mass is 35.5. The van der Waals surface area contributed by atoms with Crippen LogP contribution >= 0.6 is 11.6 Å². The third-order valence-corrected chi connectivity index (χ3v) is 2.95. The summed E-state index contributed by atoms with van der Waals surface area (Å²) in [6.45, 7) is 6.21. The van der Waals surface area contributed by atoms with Gasteiger partial charge in [0.1, 0.15) is 0 Å². The molecule has 0 aromatic rings. The average molecular weight is 173 g/mol. The van der Waals surface area contributed by atoms with Gasteiger partial charge in [-0.05, 0) is 17.4 Å². The van der Waals surface area contributed by atoms with Crippen molar-refractivity contribution in [2.75, 3.05) is 0 Å². The third-order valence-electron chi connectivity index (χ3n) is 2.51. The number of allylic oxidation sites excluding steroid dienone is 2. The fourth-order valence-corrected chi connectivity index (χ4v) is 1.72. The van der Waals surface area contributed by atoms with Crippen LogP contribution in [-0.4, -0.2) is 5.78 Å². The maximum absolute atomic E-state index is 11.1. The summed E-state index contributed by atoms with van der Waals surface area (Å²) in [7, 11) is 0. The molecule has 0 heterocycles. The average Bonchev–Trinajstić information content (AvgIpc) is 1.81. The zero-order valence-corrected chi connectivity index (χ0v) is 7.90. The Kier molecular flexibility index (Phi) is 2.10. The second kappa shape index (κ2) is 2.63. The molecule has 0 radical (unpaired) electrons. The summed E-state index contributed by atoms with van der Waals surface area (Å²) in [6, 6.07) is 0. The highest BCUT2D eigenvalue weighted by Gasteiger charge is 2.33. The fraction of sp³-hybridized carbons (Fsp3) is 0.667. The van der Waals surface area contributed by atoms with Crippen molar-refractivity contribution >= 4 is 17.4 Å².